The van der Waals surface area contributed by atoms with Gasteiger partial charge in [-0.1, -0.05) is 26.8 Å². The molecule has 1 amide bonds. The molecule has 0 aliphatic carbocycles. The largest absolute Gasteiger partial charge is 0.347 e. The van der Waals surface area contributed by atoms with E-state index in [0.717, 1.165) is 4.88 Å². The monoisotopic (exact) mass is 240 g/mol. The molecule has 0 radical (unpaired) electrons. The van der Waals surface area contributed by atoms with E-state index in [1.165, 1.54) is 0 Å². The molecule has 0 bridgehead atoms. The van der Waals surface area contributed by atoms with Gasteiger partial charge < -0.3 is 11.1 Å². The number of nitrogens with one attached hydrogen (secondary N) is 1. The Kier molecular flexibility index (Phi) is 4.10. The van der Waals surface area contributed by atoms with Crippen molar-refractivity contribution in [3.05, 3.63) is 22.4 Å². The topological polar surface area (TPSA) is 55.1 Å². The first kappa shape index (κ1) is 13.2. The van der Waals surface area contributed by atoms with Crippen molar-refractivity contribution in [1.82, 2.24) is 5.32 Å². The summed E-state index contributed by atoms with van der Waals surface area (Å²) in [6, 6.07) is 3.54. The second-order valence-corrected chi connectivity index (χ2v) is 6.07. The van der Waals surface area contributed by atoms with Crippen LogP contribution in [0.3, 0.4) is 0 Å². The fraction of sp³-hybridized carbons (Fsp3) is 0.583. The number of carbonyl (C=O) groups excluding carboxylic acids is 1. The van der Waals surface area contributed by atoms with Gasteiger partial charge in [0.05, 0.1) is 12.1 Å². The summed E-state index contributed by atoms with van der Waals surface area (Å²) in [7, 11) is 0. The van der Waals surface area contributed by atoms with Crippen LogP contribution in [0.25, 0.3) is 0 Å². The minimum absolute atomic E-state index is 0.0286. The van der Waals surface area contributed by atoms with E-state index in [1.54, 1.807) is 11.3 Å². The third kappa shape index (κ3) is 3.32. The van der Waals surface area contributed by atoms with E-state index in [2.05, 4.69) is 5.32 Å². The Hall–Kier alpha value is -0.870. The van der Waals surface area contributed by atoms with Gasteiger partial charge in [-0.2, -0.15) is 0 Å². The van der Waals surface area contributed by atoms with Gasteiger partial charge in [0.15, 0.2) is 0 Å². The van der Waals surface area contributed by atoms with Gasteiger partial charge in [0.1, 0.15) is 0 Å². The lowest BCUT2D eigenvalue weighted by Gasteiger charge is -2.27. The maximum Gasteiger partial charge on any atom is 0.237 e. The highest BCUT2D eigenvalue weighted by Crippen LogP contribution is 2.21. The molecule has 1 aromatic heterocycles. The van der Waals surface area contributed by atoms with E-state index < -0.39 is 6.04 Å². The van der Waals surface area contributed by atoms with E-state index in [4.69, 9.17) is 5.73 Å². The Morgan fingerprint density at radius 2 is 2.12 bits per heavy atom. The predicted octanol–water partition coefficient (Wildman–Crippen LogP) is 2.30. The third-order valence-corrected chi connectivity index (χ3v) is 3.60. The molecule has 0 fully saturated rings. The molecule has 2 atom stereocenters. The van der Waals surface area contributed by atoms with Gasteiger partial charge >= 0.3 is 0 Å². The van der Waals surface area contributed by atoms with Gasteiger partial charge in [-0.3, -0.25) is 4.79 Å². The zero-order chi connectivity index (χ0) is 12.3. The Labute approximate surface area is 101 Å². The minimum Gasteiger partial charge on any atom is -0.347 e. The molecular formula is C12H20N2OS. The molecule has 0 aliphatic rings. The fourth-order valence-corrected chi connectivity index (χ4v) is 2.04. The van der Waals surface area contributed by atoms with Crippen LogP contribution in [0.15, 0.2) is 17.5 Å². The van der Waals surface area contributed by atoms with Crippen LogP contribution in [0.5, 0.6) is 0 Å². The molecule has 0 saturated carbocycles. The number of nitrogens with two attached hydrogens (primary N) is 1. The fourth-order valence-electron chi connectivity index (χ4n) is 1.31. The van der Waals surface area contributed by atoms with Crippen molar-refractivity contribution in [1.29, 1.82) is 0 Å². The van der Waals surface area contributed by atoms with Crippen LogP contribution in [0.2, 0.25) is 0 Å². The number of amides is 1. The lowest BCUT2D eigenvalue weighted by Crippen LogP contribution is -2.49. The van der Waals surface area contributed by atoms with E-state index in [1.807, 2.05) is 45.2 Å². The van der Waals surface area contributed by atoms with E-state index in [0.29, 0.717) is 0 Å². The van der Waals surface area contributed by atoms with Crippen LogP contribution < -0.4 is 11.1 Å². The smallest absolute Gasteiger partial charge is 0.237 e. The highest BCUT2D eigenvalue weighted by molar-refractivity contribution is 7.10. The molecule has 16 heavy (non-hydrogen) atoms. The third-order valence-electron chi connectivity index (χ3n) is 2.54. The summed E-state index contributed by atoms with van der Waals surface area (Å²) in [5.74, 6) is -0.0894. The second kappa shape index (κ2) is 4.97. The van der Waals surface area contributed by atoms with Crippen LogP contribution in [-0.4, -0.2) is 11.9 Å². The number of hydrogen-bond acceptors (Lipinski definition) is 3. The Bertz CT molecular complexity index is 340. The van der Waals surface area contributed by atoms with E-state index in [9.17, 15) is 4.79 Å². The zero-order valence-corrected chi connectivity index (χ0v) is 11.1. The summed E-state index contributed by atoms with van der Waals surface area (Å²) in [6.07, 6.45) is 0. The van der Waals surface area contributed by atoms with Gasteiger partial charge in [-0.05, 0) is 23.8 Å². The maximum atomic E-state index is 11.9. The average molecular weight is 240 g/mol. The molecule has 0 aliphatic heterocycles. The summed E-state index contributed by atoms with van der Waals surface area (Å²) in [6.45, 7) is 7.87. The van der Waals surface area contributed by atoms with Crippen LogP contribution in [0.4, 0.5) is 0 Å². The van der Waals surface area contributed by atoms with Crippen LogP contribution in [-0.2, 0) is 4.79 Å². The SMILES string of the molecule is CC(NC(=O)[C@@H](N)C(C)(C)C)c1cccs1. The van der Waals surface area contributed by atoms with Crippen molar-refractivity contribution < 1.29 is 4.79 Å². The van der Waals surface area contributed by atoms with Crippen molar-refractivity contribution in [2.24, 2.45) is 11.1 Å². The van der Waals surface area contributed by atoms with Crippen LogP contribution >= 0.6 is 11.3 Å². The van der Waals surface area contributed by atoms with E-state index in [-0.39, 0.29) is 17.4 Å². The summed E-state index contributed by atoms with van der Waals surface area (Å²) < 4.78 is 0. The number of rotatable bonds is 3. The Morgan fingerprint density at radius 1 is 1.50 bits per heavy atom. The molecule has 0 spiro atoms. The quantitative estimate of drug-likeness (QED) is 0.851. The molecule has 1 unspecified atom stereocenters. The lowest BCUT2D eigenvalue weighted by atomic mass is 9.87. The molecular weight excluding hydrogens is 220 g/mol. The standard InChI is InChI=1S/C12H20N2OS/c1-8(9-6-5-7-16-9)14-11(15)10(13)12(2,3)4/h5-8,10H,13H2,1-4H3,(H,14,15)/t8?,10-/m1/s1. The van der Waals surface area contributed by atoms with Crippen molar-refractivity contribution in [3.63, 3.8) is 0 Å². The van der Waals surface area contributed by atoms with Crippen molar-refractivity contribution in [2.45, 2.75) is 39.8 Å². The van der Waals surface area contributed by atoms with Gasteiger partial charge in [0.2, 0.25) is 5.91 Å². The summed E-state index contributed by atoms with van der Waals surface area (Å²) in [5.41, 5.74) is 5.68. The first-order valence-corrected chi connectivity index (χ1v) is 6.29. The van der Waals surface area contributed by atoms with Gasteiger partial charge in [0, 0.05) is 4.88 Å². The Morgan fingerprint density at radius 3 is 2.56 bits per heavy atom. The first-order chi connectivity index (χ1) is 7.32. The highest BCUT2D eigenvalue weighted by atomic mass is 32.1. The Balaban J connectivity index is 2.59. The molecule has 1 aromatic rings. The summed E-state index contributed by atoms with van der Waals surface area (Å²) in [5, 5.41) is 4.94. The van der Waals surface area contributed by atoms with Crippen molar-refractivity contribution in [2.75, 3.05) is 0 Å². The molecule has 0 aromatic carbocycles. The van der Waals surface area contributed by atoms with Gasteiger partial charge in [0.25, 0.3) is 0 Å². The van der Waals surface area contributed by atoms with Crippen LogP contribution in [0, 0.1) is 5.41 Å². The zero-order valence-electron chi connectivity index (χ0n) is 10.3. The van der Waals surface area contributed by atoms with Crippen molar-refractivity contribution >= 4 is 17.2 Å². The molecule has 3 nitrogen and oxygen atoms in total. The molecule has 1 heterocycles. The van der Waals surface area contributed by atoms with Gasteiger partial charge in [-0.15, -0.1) is 11.3 Å². The average Bonchev–Trinajstić information content (AvgIpc) is 2.67. The number of thiophene rings is 1. The van der Waals surface area contributed by atoms with Crippen molar-refractivity contribution in [3.8, 4) is 0 Å². The minimum atomic E-state index is -0.477. The summed E-state index contributed by atoms with van der Waals surface area (Å²) >= 11 is 1.64. The molecule has 1 rings (SSSR count). The molecule has 0 saturated heterocycles. The summed E-state index contributed by atoms with van der Waals surface area (Å²) in [4.78, 5) is 13.0. The molecule has 4 heteroatoms. The molecule has 3 N–H and O–H groups in total. The molecule has 90 valence electrons. The normalized spacial score (nSPS) is 15.6. The van der Waals surface area contributed by atoms with Crippen LogP contribution in [0.1, 0.15) is 38.6 Å². The number of hydrogen-bond donors (Lipinski definition) is 2. The predicted molar refractivity (Wildman–Crippen MR) is 68.3 cm³/mol. The highest BCUT2D eigenvalue weighted by Gasteiger charge is 2.28. The number of carbonyl (C=O) groups is 1. The van der Waals surface area contributed by atoms with E-state index >= 15 is 0 Å². The van der Waals surface area contributed by atoms with Gasteiger partial charge in [-0.25, -0.2) is 0 Å². The second-order valence-electron chi connectivity index (χ2n) is 5.09. The maximum absolute atomic E-state index is 11.9. The lowest BCUT2D eigenvalue weighted by molar-refractivity contribution is -0.125. The first-order valence-electron chi connectivity index (χ1n) is 5.41.